The SMILES string of the molecule is c1ccc2c(c1)-c1cc(N(c3ccc(-c4cccc5ccccc45)cc3)c3ccc4c(c3)oc3ccccc34)ccc1C21CCC2CC3CC1C3C2. The molecular formula is C50H39NO. The minimum atomic E-state index is 0.152. The van der Waals surface area contributed by atoms with Crippen molar-refractivity contribution in [3.63, 3.8) is 0 Å². The van der Waals surface area contributed by atoms with E-state index in [4.69, 9.17) is 4.42 Å². The largest absolute Gasteiger partial charge is 0.456 e. The molecule has 1 spiro atoms. The van der Waals surface area contributed by atoms with Crippen LogP contribution in [0.15, 0.2) is 156 Å². The fourth-order valence-corrected chi connectivity index (χ4v) is 11.5. The third kappa shape index (κ3) is 3.96. The predicted octanol–water partition coefficient (Wildman–Crippen LogP) is 13.6. The van der Waals surface area contributed by atoms with E-state index in [1.807, 2.05) is 6.07 Å². The second kappa shape index (κ2) is 10.7. The lowest BCUT2D eigenvalue weighted by Gasteiger charge is -2.52. The van der Waals surface area contributed by atoms with Crippen LogP contribution >= 0.6 is 0 Å². The van der Waals surface area contributed by atoms with Gasteiger partial charge in [0.25, 0.3) is 0 Å². The lowest BCUT2D eigenvalue weighted by molar-refractivity contribution is 0.0400. The van der Waals surface area contributed by atoms with Gasteiger partial charge in [0.2, 0.25) is 0 Å². The Morgan fingerprint density at radius 3 is 2.17 bits per heavy atom. The van der Waals surface area contributed by atoms with E-state index in [2.05, 4.69) is 150 Å². The Morgan fingerprint density at radius 1 is 0.519 bits per heavy atom. The summed E-state index contributed by atoms with van der Waals surface area (Å²) in [6.45, 7) is 0. The van der Waals surface area contributed by atoms with Gasteiger partial charge in [-0.2, -0.15) is 0 Å². The van der Waals surface area contributed by atoms with Crippen molar-refractivity contribution < 1.29 is 4.42 Å². The Labute approximate surface area is 304 Å². The molecule has 0 saturated heterocycles. The van der Waals surface area contributed by atoms with Crippen LogP contribution in [0.1, 0.15) is 43.2 Å². The normalized spacial score (nSPS) is 23.8. The fourth-order valence-electron chi connectivity index (χ4n) is 11.5. The molecule has 2 nitrogen and oxygen atoms in total. The summed E-state index contributed by atoms with van der Waals surface area (Å²) in [5.74, 6) is 3.56. The van der Waals surface area contributed by atoms with E-state index in [9.17, 15) is 0 Å². The quantitative estimate of drug-likeness (QED) is 0.185. The molecule has 4 aliphatic carbocycles. The van der Waals surface area contributed by atoms with E-state index in [0.717, 1.165) is 57.0 Å². The van der Waals surface area contributed by atoms with E-state index in [1.54, 1.807) is 11.1 Å². The number of rotatable bonds is 4. The number of nitrogens with zero attached hydrogens (tertiary/aromatic N) is 1. The Hall–Kier alpha value is -5.60. The second-order valence-electron chi connectivity index (χ2n) is 16.1. The van der Waals surface area contributed by atoms with Gasteiger partial charge in [0.05, 0.1) is 0 Å². The van der Waals surface area contributed by atoms with Crippen LogP contribution in [0, 0.1) is 23.7 Å². The number of benzene rings is 7. The van der Waals surface area contributed by atoms with Crippen molar-refractivity contribution in [1.82, 2.24) is 0 Å². The van der Waals surface area contributed by atoms with E-state index < -0.39 is 0 Å². The maximum absolute atomic E-state index is 6.45. The minimum Gasteiger partial charge on any atom is -0.456 e. The van der Waals surface area contributed by atoms with Gasteiger partial charge in [-0.05, 0) is 142 Å². The number of fused-ring (bicyclic) bond motifs is 11. The topological polar surface area (TPSA) is 16.4 Å². The van der Waals surface area contributed by atoms with Crippen LogP contribution in [0.25, 0.3) is 55.0 Å². The Balaban J connectivity index is 1.03. The van der Waals surface area contributed by atoms with Gasteiger partial charge >= 0.3 is 0 Å². The Kier molecular flexibility index (Phi) is 5.98. The van der Waals surface area contributed by atoms with Crippen molar-refractivity contribution in [3.05, 3.63) is 163 Å². The molecule has 0 radical (unpaired) electrons. The third-order valence-corrected chi connectivity index (χ3v) is 13.8. The smallest absolute Gasteiger partial charge is 0.137 e. The zero-order chi connectivity index (χ0) is 34.0. The lowest BCUT2D eigenvalue weighted by atomic mass is 9.51. The number of furan rings is 1. The standard InChI is InChI=1S/C50H39NO/c1-2-10-38-32(8-1)9-7-13-39(38)33-16-18-35(19-17-33)51(37-20-22-42-41-12-4-6-15-48(41)52-49(42)30-37)36-21-23-46-44(29-36)40-11-3-5-14-45(40)50(46)25-24-31-26-34-28-47(50)43(34)27-31/h1-23,29-31,34,43,47H,24-28H2. The van der Waals surface area contributed by atoms with Gasteiger partial charge in [0.15, 0.2) is 0 Å². The molecule has 52 heavy (non-hydrogen) atoms. The van der Waals surface area contributed by atoms with Gasteiger partial charge in [-0.15, -0.1) is 0 Å². The Bertz CT molecular complexity index is 2710. The summed E-state index contributed by atoms with van der Waals surface area (Å²) in [4.78, 5) is 2.43. The van der Waals surface area contributed by atoms with Crippen LogP contribution in [-0.2, 0) is 5.41 Å². The molecule has 5 unspecified atom stereocenters. The maximum atomic E-state index is 6.45. The molecule has 0 N–H and O–H groups in total. The molecule has 8 aromatic rings. The van der Waals surface area contributed by atoms with Gasteiger partial charge in [-0.3, -0.25) is 0 Å². The highest BCUT2D eigenvalue weighted by atomic mass is 16.3. The first-order chi connectivity index (χ1) is 25.7. The van der Waals surface area contributed by atoms with E-state index >= 15 is 0 Å². The molecule has 1 heterocycles. The fraction of sp³-hybridized carbons (Fsp3) is 0.200. The van der Waals surface area contributed by atoms with Crippen molar-refractivity contribution in [2.24, 2.45) is 23.7 Å². The molecule has 0 amide bonds. The van der Waals surface area contributed by atoms with Crippen molar-refractivity contribution >= 4 is 49.8 Å². The molecule has 5 atom stereocenters. The molecule has 7 aromatic carbocycles. The van der Waals surface area contributed by atoms with Crippen LogP contribution in [-0.4, -0.2) is 0 Å². The van der Waals surface area contributed by atoms with Crippen LogP contribution in [0.5, 0.6) is 0 Å². The molecule has 4 aliphatic rings. The first kappa shape index (κ1) is 29.0. The van der Waals surface area contributed by atoms with Gasteiger partial charge in [-0.1, -0.05) is 103 Å². The van der Waals surface area contributed by atoms with E-state index in [-0.39, 0.29) is 5.41 Å². The molecule has 2 heteroatoms. The van der Waals surface area contributed by atoms with Crippen LogP contribution in [0.2, 0.25) is 0 Å². The monoisotopic (exact) mass is 669 g/mol. The van der Waals surface area contributed by atoms with Crippen molar-refractivity contribution in [2.45, 2.75) is 37.5 Å². The zero-order valence-electron chi connectivity index (χ0n) is 29.1. The predicted molar refractivity (Wildman–Crippen MR) is 215 cm³/mol. The number of para-hydroxylation sites is 1. The number of hydrogen-bond acceptors (Lipinski definition) is 2. The summed E-state index contributed by atoms with van der Waals surface area (Å²) in [5, 5.41) is 4.85. The molecular weight excluding hydrogens is 631 g/mol. The van der Waals surface area contributed by atoms with Crippen LogP contribution < -0.4 is 4.90 Å². The van der Waals surface area contributed by atoms with Gasteiger partial charge in [0, 0.05) is 39.3 Å². The highest BCUT2D eigenvalue weighted by Crippen LogP contribution is 2.69. The van der Waals surface area contributed by atoms with Crippen molar-refractivity contribution in [1.29, 1.82) is 0 Å². The molecule has 1 aromatic heterocycles. The molecule has 3 fully saturated rings. The van der Waals surface area contributed by atoms with Crippen molar-refractivity contribution in [2.75, 3.05) is 4.90 Å². The van der Waals surface area contributed by atoms with Gasteiger partial charge in [0.1, 0.15) is 11.2 Å². The lowest BCUT2D eigenvalue weighted by Crippen LogP contribution is -2.47. The van der Waals surface area contributed by atoms with Crippen LogP contribution in [0.3, 0.4) is 0 Å². The van der Waals surface area contributed by atoms with Gasteiger partial charge in [-0.25, -0.2) is 0 Å². The Morgan fingerprint density at radius 2 is 1.23 bits per heavy atom. The van der Waals surface area contributed by atoms with E-state index in [0.29, 0.717) is 0 Å². The molecule has 2 bridgehead atoms. The summed E-state index contributed by atoms with van der Waals surface area (Å²) >= 11 is 0. The maximum Gasteiger partial charge on any atom is 0.137 e. The summed E-state index contributed by atoms with van der Waals surface area (Å²) < 4.78 is 6.45. The van der Waals surface area contributed by atoms with Crippen molar-refractivity contribution in [3.8, 4) is 22.3 Å². The molecule has 0 aliphatic heterocycles. The van der Waals surface area contributed by atoms with Gasteiger partial charge < -0.3 is 9.32 Å². The first-order valence-corrected chi connectivity index (χ1v) is 19.3. The summed E-state index contributed by atoms with van der Waals surface area (Å²) in [6, 6.07) is 56.4. The average Bonchev–Trinajstić information content (AvgIpc) is 3.78. The van der Waals surface area contributed by atoms with E-state index in [1.165, 1.54) is 70.8 Å². The zero-order valence-corrected chi connectivity index (χ0v) is 29.1. The highest BCUT2D eigenvalue weighted by molar-refractivity contribution is 6.06. The summed E-state index contributed by atoms with van der Waals surface area (Å²) in [6.07, 6.45) is 7.00. The second-order valence-corrected chi connectivity index (χ2v) is 16.1. The first-order valence-electron chi connectivity index (χ1n) is 19.3. The highest BCUT2D eigenvalue weighted by Gasteiger charge is 2.61. The number of hydrogen-bond donors (Lipinski definition) is 0. The average molecular weight is 670 g/mol. The molecule has 250 valence electrons. The summed E-state index contributed by atoms with van der Waals surface area (Å²) in [7, 11) is 0. The number of anilines is 3. The minimum absolute atomic E-state index is 0.152. The molecule has 12 rings (SSSR count). The molecule has 3 saturated carbocycles. The third-order valence-electron chi connectivity index (χ3n) is 13.8. The summed E-state index contributed by atoms with van der Waals surface area (Å²) in [5.41, 5.74) is 13.9. The van der Waals surface area contributed by atoms with Crippen LogP contribution in [0.4, 0.5) is 17.1 Å².